The molecule has 1 atom stereocenters. The van der Waals surface area contributed by atoms with E-state index in [0.717, 1.165) is 6.42 Å². The van der Waals surface area contributed by atoms with Gasteiger partial charge < -0.3 is 21.1 Å². The van der Waals surface area contributed by atoms with E-state index in [1.54, 1.807) is 19.1 Å². The second-order valence-corrected chi connectivity index (χ2v) is 4.18. The summed E-state index contributed by atoms with van der Waals surface area (Å²) in [6, 6.07) is 3.07. The van der Waals surface area contributed by atoms with Crippen LogP contribution in [0, 0.1) is 0 Å². The first kappa shape index (κ1) is 15.1. The smallest absolute Gasteiger partial charge is 0.242 e. The van der Waals surface area contributed by atoms with E-state index >= 15 is 0 Å². The average molecular weight is 266 g/mol. The van der Waals surface area contributed by atoms with E-state index in [-0.39, 0.29) is 11.9 Å². The van der Waals surface area contributed by atoms with E-state index in [4.69, 9.17) is 10.5 Å². The molecule has 0 aromatic carbocycles. The average Bonchev–Trinajstić information content (AvgIpc) is 2.40. The Balaban J connectivity index is 2.65. The topological polar surface area (TPSA) is 89.3 Å². The lowest BCUT2D eigenvalue weighted by molar-refractivity contribution is -0.121. The zero-order valence-electron chi connectivity index (χ0n) is 11.7. The Labute approximate surface area is 113 Å². The Bertz CT molecular complexity index is 423. The van der Waals surface area contributed by atoms with Gasteiger partial charge in [0.2, 0.25) is 11.8 Å². The highest BCUT2D eigenvalue weighted by molar-refractivity contribution is 5.83. The van der Waals surface area contributed by atoms with Gasteiger partial charge in [-0.05, 0) is 32.4 Å². The summed E-state index contributed by atoms with van der Waals surface area (Å²) in [6.45, 7) is 6.82. The Morgan fingerprint density at radius 2 is 2.21 bits per heavy atom. The van der Waals surface area contributed by atoms with Gasteiger partial charge in [0.15, 0.2) is 0 Å². The summed E-state index contributed by atoms with van der Waals surface area (Å²) in [5.41, 5.74) is 6.22. The molecule has 0 saturated heterocycles. The molecule has 0 saturated carbocycles. The molecule has 4 N–H and O–H groups in total. The van der Waals surface area contributed by atoms with Crippen LogP contribution in [0.2, 0.25) is 0 Å². The van der Waals surface area contributed by atoms with Gasteiger partial charge in [0.1, 0.15) is 11.9 Å². The lowest BCUT2D eigenvalue weighted by atomic mass is 10.3. The Morgan fingerprint density at radius 1 is 1.47 bits per heavy atom. The molecule has 1 unspecified atom stereocenters. The molecule has 19 heavy (non-hydrogen) atoms. The van der Waals surface area contributed by atoms with Gasteiger partial charge in [-0.3, -0.25) is 4.79 Å². The molecule has 0 spiro atoms. The van der Waals surface area contributed by atoms with Crippen LogP contribution in [0.4, 0.5) is 11.5 Å². The predicted octanol–water partition coefficient (Wildman–Crippen LogP) is 1.39. The minimum atomic E-state index is -0.364. The van der Waals surface area contributed by atoms with Crippen molar-refractivity contribution in [3.8, 4) is 5.88 Å². The van der Waals surface area contributed by atoms with Crippen LogP contribution < -0.4 is 21.1 Å². The number of carbonyl (C=O) groups is 1. The number of aromatic nitrogens is 1. The van der Waals surface area contributed by atoms with E-state index in [1.165, 1.54) is 0 Å². The van der Waals surface area contributed by atoms with Gasteiger partial charge in [-0.15, -0.1) is 0 Å². The highest BCUT2D eigenvalue weighted by Crippen LogP contribution is 2.21. The third kappa shape index (κ3) is 4.65. The van der Waals surface area contributed by atoms with Crippen LogP contribution in [0.3, 0.4) is 0 Å². The quantitative estimate of drug-likeness (QED) is 0.694. The van der Waals surface area contributed by atoms with Crippen LogP contribution in [0.15, 0.2) is 12.1 Å². The third-order valence-electron chi connectivity index (χ3n) is 2.48. The number of nitrogens with one attached hydrogen (secondary N) is 2. The molecule has 1 amide bonds. The number of pyridine rings is 1. The second kappa shape index (κ2) is 7.45. The molecule has 6 heteroatoms. The summed E-state index contributed by atoms with van der Waals surface area (Å²) in [5, 5.41) is 5.84. The third-order valence-corrected chi connectivity index (χ3v) is 2.48. The van der Waals surface area contributed by atoms with Crippen molar-refractivity contribution in [2.45, 2.75) is 33.2 Å². The number of amides is 1. The molecule has 0 radical (unpaired) electrons. The first-order chi connectivity index (χ1) is 9.08. The number of nitrogens with zero attached hydrogens (tertiary/aromatic N) is 1. The maximum absolute atomic E-state index is 11.7. The second-order valence-electron chi connectivity index (χ2n) is 4.18. The standard InChI is InChI=1S/C13H22N4O2/c1-4-8-15-12(18)9(3)16-11-7-6-10(14)13(17-11)19-5-2/h6-7,9H,4-5,8,14H2,1-3H3,(H,15,18)(H,16,17). The molecule has 0 aliphatic heterocycles. The minimum absolute atomic E-state index is 0.0570. The lowest BCUT2D eigenvalue weighted by Crippen LogP contribution is -2.38. The normalized spacial score (nSPS) is 11.7. The fraction of sp³-hybridized carbons (Fsp3) is 0.538. The van der Waals surface area contributed by atoms with Gasteiger partial charge in [0.05, 0.1) is 12.3 Å². The zero-order valence-corrected chi connectivity index (χ0v) is 11.7. The first-order valence-corrected chi connectivity index (χ1v) is 6.52. The van der Waals surface area contributed by atoms with Crippen LogP contribution >= 0.6 is 0 Å². The molecule has 6 nitrogen and oxygen atoms in total. The molecule has 0 fully saturated rings. The molecular formula is C13H22N4O2. The van der Waals surface area contributed by atoms with E-state index in [9.17, 15) is 4.79 Å². The highest BCUT2D eigenvalue weighted by Gasteiger charge is 2.13. The summed E-state index contributed by atoms with van der Waals surface area (Å²) in [6.07, 6.45) is 0.910. The van der Waals surface area contributed by atoms with E-state index < -0.39 is 0 Å². The molecule has 1 aromatic rings. The van der Waals surface area contributed by atoms with Gasteiger partial charge in [-0.25, -0.2) is 0 Å². The number of carbonyl (C=O) groups excluding carboxylic acids is 1. The summed E-state index contributed by atoms with van der Waals surface area (Å²) < 4.78 is 5.31. The number of nitrogen functional groups attached to an aromatic ring is 1. The van der Waals surface area contributed by atoms with Crippen LogP contribution in [-0.2, 0) is 4.79 Å². The monoisotopic (exact) mass is 266 g/mol. The SMILES string of the molecule is CCCNC(=O)C(C)Nc1ccc(N)c(OCC)n1. The van der Waals surface area contributed by atoms with Crippen molar-refractivity contribution in [1.82, 2.24) is 10.3 Å². The summed E-state index contributed by atoms with van der Waals surface area (Å²) in [4.78, 5) is 16.0. The summed E-state index contributed by atoms with van der Waals surface area (Å²) >= 11 is 0. The maximum atomic E-state index is 11.7. The molecule has 1 rings (SSSR count). The Kier molecular flexibility index (Phi) is 5.92. The number of ether oxygens (including phenoxy) is 1. The molecule has 0 aliphatic rings. The van der Waals surface area contributed by atoms with E-state index in [0.29, 0.717) is 30.5 Å². The minimum Gasteiger partial charge on any atom is -0.476 e. The molecule has 1 aromatic heterocycles. The van der Waals surface area contributed by atoms with Crippen LogP contribution in [0.25, 0.3) is 0 Å². The van der Waals surface area contributed by atoms with Crippen molar-refractivity contribution in [2.75, 3.05) is 24.2 Å². The lowest BCUT2D eigenvalue weighted by Gasteiger charge is -2.15. The van der Waals surface area contributed by atoms with Crippen molar-refractivity contribution < 1.29 is 9.53 Å². The molecule has 0 bridgehead atoms. The Morgan fingerprint density at radius 3 is 2.84 bits per heavy atom. The number of hydrogen-bond acceptors (Lipinski definition) is 5. The zero-order chi connectivity index (χ0) is 14.3. The van der Waals surface area contributed by atoms with E-state index in [1.807, 2.05) is 13.8 Å². The largest absolute Gasteiger partial charge is 0.476 e. The summed E-state index contributed by atoms with van der Waals surface area (Å²) in [7, 11) is 0. The number of hydrogen-bond donors (Lipinski definition) is 3. The van der Waals surface area contributed by atoms with Crippen molar-refractivity contribution in [2.24, 2.45) is 0 Å². The molecule has 1 heterocycles. The van der Waals surface area contributed by atoms with Gasteiger partial charge in [-0.2, -0.15) is 4.98 Å². The number of nitrogens with two attached hydrogens (primary N) is 1. The molecular weight excluding hydrogens is 244 g/mol. The van der Waals surface area contributed by atoms with Gasteiger partial charge in [-0.1, -0.05) is 6.92 Å². The van der Waals surface area contributed by atoms with Gasteiger partial charge in [0, 0.05) is 6.54 Å². The van der Waals surface area contributed by atoms with Crippen molar-refractivity contribution in [3.63, 3.8) is 0 Å². The van der Waals surface area contributed by atoms with Crippen LogP contribution in [0.5, 0.6) is 5.88 Å². The molecule has 106 valence electrons. The van der Waals surface area contributed by atoms with Crippen LogP contribution in [-0.4, -0.2) is 30.1 Å². The van der Waals surface area contributed by atoms with Crippen LogP contribution in [0.1, 0.15) is 27.2 Å². The number of rotatable bonds is 7. The fourth-order valence-electron chi connectivity index (χ4n) is 1.47. The highest BCUT2D eigenvalue weighted by atomic mass is 16.5. The Hall–Kier alpha value is -1.98. The summed E-state index contributed by atoms with van der Waals surface area (Å²) in [5.74, 6) is 0.892. The van der Waals surface area contributed by atoms with Crippen molar-refractivity contribution in [3.05, 3.63) is 12.1 Å². The first-order valence-electron chi connectivity index (χ1n) is 6.52. The van der Waals surface area contributed by atoms with Crippen molar-refractivity contribution in [1.29, 1.82) is 0 Å². The molecule has 0 aliphatic carbocycles. The van der Waals surface area contributed by atoms with Gasteiger partial charge in [0.25, 0.3) is 0 Å². The fourth-order valence-corrected chi connectivity index (χ4v) is 1.47. The predicted molar refractivity (Wildman–Crippen MR) is 76.2 cm³/mol. The maximum Gasteiger partial charge on any atom is 0.242 e. The van der Waals surface area contributed by atoms with Gasteiger partial charge >= 0.3 is 0 Å². The van der Waals surface area contributed by atoms with E-state index in [2.05, 4.69) is 15.6 Å². The van der Waals surface area contributed by atoms with Crippen molar-refractivity contribution >= 4 is 17.4 Å². The number of anilines is 2.